The summed E-state index contributed by atoms with van der Waals surface area (Å²) in [7, 11) is 3.11. The number of hydrogen-bond acceptors (Lipinski definition) is 6. The van der Waals surface area contributed by atoms with Gasteiger partial charge in [-0.15, -0.1) is 0 Å². The van der Waals surface area contributed by atoms with E-state index in [0.717, 1.165) is 38.4 Å². The smallest absolute Gasteiger partial charge is 0.131 e. The van der Waals surface area contributed by atoms with Crippen molar-refractivity contribution >= 4 is 21.5 Å². The zero-order valence-electron chi connectivity index (χ0n) is 19.8. The van der Waals surface area contributed by atoms with Crippen LogP contribution in [-0.2, 0) is 12.8 Å². The Morgan fingerprint density at radius 1 is 0.611 bits per heavy atom. The van der Waals surface area contributed by atoms with E-state index >= 15 is 0 Å². The Labute approximate surface area is 207 Å². The molecule has 0 aromatic heterocycles. The molecule has 0 fully saturated rings. The second-order valence-corrected chi connectivity index (χ2v) is 9.03. The van der Waals surface area contributed by atoms with Crippen LogP contribution in [0.15, 0.2) is 60.7 Å². The van der Waals surface area contributed by atoms with E-state index in [1.54, 1.807) is 50.6 Å². The van der Waals surface area contributed by atoms with Gasteiger partial charge in [0.25, 0.3) is 0 Å². The Morgan fingerprint density at radius 2 is 1.28 bits per heavy atom. The van der Waals surface area contributed by atoms with Gasteiger partial charge in [0.05, 0.1) is 14.2 Å². The largest absolute Gasteiger partial charge is 0.508 e. The van der Waals surface area contributed by atoms with Crippen molar-refractivity contribution in [3.05, 3.63) is 71.8 Å². The fraction of sp³-hybridized carbons (Fsp3) is 0.133. The van der Waals surface area contributed by atoms with Crippen LogP contribution in [0.1, 0.15) is 11.1 Å². The number of aromatic hydroxyl groups is 4. The van der Waals surface area contributed by atoms with Gasteiger partial charge >= 0.3 is 0 Å². The molecule has 36 heavy (non-hydrogen) atoms. The van der Waals surface area contributed by atoms with Gasteiger partial charge in [-0.1, -0.05) is 18.2 Å². The van der Waals surface area contributed by atoms with Gasteiger partial charge in [0.1, 0.15) is 34.5 Å². The Kier molecular flexibility index (Phi) is 4.86. The minimum absolute atomic E-state index is 0.000369. The summed E-state index contributed by atoms with van der Waals surface area (Å²) in [4.78, 5) is 0. The molecule has 5 aromatic carbocycles. The van der Waals surface area contributed by atoms with Gasteiger partial charge in [0.2, 0.25) is 0 Å². The third-order valence-corrected chi connectivity index (χ3v) is 7.11. The highest BCUT2D eigenvalue weighted by Crippen LogP contribution is 2.53. The van der Waals surface area contributed by atoms with Gasteiger partial charge in [-0.25, -0.2) is 0 Å². The number of phenolic OH excluding ortho intramolecular Hbond substituents is 4. The van der Waals surface area contributed by atoms with Crippen LogP contribution in [0, 0.1) is 0 Å². The summed E-state index contributed by atoms with van der Waals surface area (Å²) in [5.74, 6) is 1.36. The third-order valence-electron chi connectivity index (χ3n) is 7.11. The van der Waals surface area contributed by atoms with Crippen LogP contribution in [0.4, 0.5) is 0 Å². The molecular formula is C30H24O6. The molecule has 0 amide bonds. The molecule has 1 aliphatic carbocycles. The van der Waals surface area contributed by atoms with E-state index in [0.29, 0.717) is 40.9 Å². The van der Waals surface area contributed by atoms with Crippen LogP contribution in [0.2, 0.25) is 0 Å². The number of methoxy groups -OCH3 is 2. The first-order valence-corrected chi connectivity index (χ1v) is 11.6. The van der Waals surface area contributed by atoms with E-state index in [9.17, 15) is 20.4 Å². The summed E-state index contributed by atoms with van der Waals surface area (Å²) >= 11 is 0. The van der Waals surface area contributed by atoms with Crippen LogP contribution in [0.3, 0.4) is 0 Å². The van der Waals surface area contributed by atoms with E-state index in [2.05, 4.69) is 0 Å². The maximum absolute atomic E-state index is 11.3. The molecule has 6 nitrogen and oxygen atoms in total. The molecule has 0 atom stereocenters. The van der Waals surface area contributed by atoms with Crippen LogP contribution in [0.25, 0.3) is 43.8 Å². The first-order chi connectivity index (χ1) is 17.4. The van der Waals surface area contributed by atoms with Crippen molar-refractivity contribution in [1.29, 1.82) is 0 Å². The second-order valence-electron chi connectivity index (χ2n) is 9.03. The molecule has 1 aliphatic rings. The van der Waals surface area contributed by atoms with Gasteiger partial charge in [0.15, 0.2) is 0 Å². The summed E-state index contributed by atoms with van der Waals surface area (Å²) in [6.07, 6.45) is 1.24. The molecule has 0 saturated heterocycles. The molecule has 5 aromatic rings. The molecule has 0 saturated carbocycles. The van der Waals surface area contributed by atoms with E-state index in [1.165, 1.54) is 0 Å². The minimum atomic E-state index is -0.0170. The standard InChI is InChI=1S/C30H24O6/c1-35-25-13-23(33)29(21-7-3-15-11-17(31)5-9-19(15)27(21)25)30-22-8-4-16-12-18(32)6-10-20(16)28(22)26(36-2)14-24(30)34/h3,5-7,9-14,31-34H,4,8H2,1-2H3. The lowest BCUT2D eigenvalue weighted by molar-refractivity contribution is 0.408. The fourth-order valence-electron chi connectivity index (χ4n) is 5.59. The molecule has 6 heteroatoms. The van der Waals surface area contributed by atoms with Crippen LogP contribution in [0.5, 0.6) is 34.5 Å². The maximum atomic E-state index is 11.3. The number of benzene rings is 5. The van der Waals surface area contributed by atoms with Crippen molar-refractivity contribution in [2.24, 2.45) is 0 Å². The van der Waals surface area contributed by atoms with Gasteiger partial charge in [0, 0.05) is 34.2 Å². The summed E-state index contributed by atoms with van der Waals surface area (Å²) in [6, 6.07) is 17.3. The summed E-state index contributed by atoms with van der Waals surface area (Å²) in [5.41, 5.74) is 4.64. The zero-order chi connectivity index (χ0) is 25.1. The van der Waals surface area contributed by atoms with Crippen molar-refractivity contribution in [1.82, 2.24) is 0 Å². The van der Waals surface area contributed by atoms with Gasteiger partial charge in [-0.2, -0.15) is 0 Å². The molecular weight excluding hydrogens is 456 g/mol. The zero-order valence-corrected chi connectivity index (χ0v) is 19.8. The number of hydrogen-bond donors (Lipinski definition) is 4. The van der Waals surface area contributed by atoms with Gasteiger partial charge in [-0.05, 0) is 76.0 Å². The SMILES string of the molecule is COc1cc(O)c(-c2c(O)cc(OC)c3c2ccc2cc(O)ccc23)c2c1-c1ccc(O)cc1CC2. The molecule has 6 rings (SSSR count). The van der Waals surface area contributed by atoms with Crippen LogP contribution < -0.4 is 9.47 Å². The minimum Gasteiger partial charge on any atom is -0.508 e. The number of aryl methyl sites for hydroxylation is 1. The Balaban J connectivity index is 1.75. The Morgan fingerprint density at radius 3 is 2.06 bits per heavy atom. The van der Waals surface area contributed by atoms with Gasteiger partial charge in [-0.3, -0.25) is 0 Å². The lowest BCUT2D eigenvalue weighted by Crippen LogP contribution is -2.08. The van der Waals surface area contributed by atoms with Crippen molar-refractivity contribution < 1.29 is 29.9 Å². The van der Waals surface area contributed by atoms with Crippen molar-refractivity contribution in [3.63, 3.8) is 0 Å². The third kappa shape index (κ3) is 3.11. The van der Waals surface area contributed by atoms with Crippen LogP contribution >= 0.6 is 0 Å². The maximum Gasteiger partial charge on any atom is 0.131 e. The van der Waals surface area contributed by atoms with Gasteiger partial charge < -0.3 is 29.9 Å². The molecule has 180 valence electrons. The molecule has 0 aliphatic heterocycles. The average molecular weight is 481 g/mol. The number of ether oxygens (including phenoxy) is 2. The van der Waals surface area contributed by atoms with Crippen LogP contribution in [-0.4, -0.2) is 34.6 Å². The first-order valence-electron chi connectivity index (χ1n) is 11.6. The number of rotatable bonds is 3. The first kappa shape index (κ1) is 21.9. The second kappa shape index (κ2) is 7.99. The van der Waals surface area contributed by atoms with E-state index in [1.807, 2.05) is 24.3 Å². The monoisotopic (exact) mass is 480 g/mol. The predicted octanol–water partition coefficient (Wildman–Crippen LogP) is 6.27. The summed E-state index contributed by atoms with van der Waals surface area (Å²) < 4.78 is 11.3. The molecule has 0 unspecified atom stereocenters. The van der Waals surface area contributed by atoms with E-state index < -0.39 is 0 Å². The molecule has 0 spiro atoms. The predicted molar refractivity (Wildman–Crippen MR) is 139 cm³/mol. The topological polar surface area (TPSA) is 99.4 Å². The number of phenols is 4. The lowest BCUT2D eigenvalue weighted by atomic mass is 9.79. The number of fused-ring (bicyclic) bond motifs is 6. The van der Waals surface area contributed by atoms with Crippen molar-refractivity contribution in [2.75, 3.05) is 14.2 Å². The fourth-order valence-corrected chi connectivity index (χ4v) is 5.59. The van der Waals surface area contributed by atoms with E-state index in [-0.39, 0.29) is 23.0 Å². The normalized spacial score (nSPS) is 12.4. The Bertz CT molecular complexity index is 1700. The molecule has 0 radical (unpaired) electrons. The average Bonchev–Trinajstić information content (AvgIpc) is 2.87. The quantitative estimate of drug-likeness (QED) is 0.227. The van der Waals surface area contributed by atoms with Crippen molar-refractivity contribution in [3.8, 4) is 56.8 Å². The lowest BCUT2D eigenvalue weighted by Gasteiger charge is -2.27. The molecule has 4 N–H and O–H groups in total. The molecule has 0 heterocycles. The highest BCUT2D eigenvalue weighted by Gasteiger charge is 2.29. The van der Waals surface area contributed by atoms with Crippen molar-refractivity contribution in [2.45, 2.75) is 12.8 Å². The highest BCUT2D eigenvalue weighted by molar-refractivity contribution is 6.17. The summed E-state index contributed by atoms with van der Waals surface area (Å²) in [5, 5.41) is 45.7. The Hall–Kier alpha value is -4.58. The van der Waals surface area contributed by atoms with E-state index in [4.69, 9.17) is 9.47 Å². The summed E-state index contributed by atoms with van der Waals surface area (Å²) in [6.45, 7) is 0. The highest BCUT2D eigenvalue weighted by atomic mass is 16.5. The molecule has 0 bridgehead atoms.